The molecule has 0 amide bonds. The molecule has 48 heavy (non-hydrogen) atoms. The fourth-order valence-electron chi connectivity index (χ4n) is 5.91. The molecule has 41 heteroatoms. The summed E-state index contributed by atoms with van der Waals surface area (Å²) >= 11 is 0. The van der Waals surface area contributed by atoms with E-state index in [1.165, 1.54) is 0 Å². The lowest BCUT2D eigenvalue weighted by Gasteiger charge is -2.60. The van der Waals surface area contributed by atoms with Gasteiger partial charge >= 0.3 is 146 Å². The van der Waals surface area contributed by atoms with Gasteiger partial charge in [-0.25, -0.2) is 0 Å². The Morgan fingerprint density at radius 2 is 0.479 bits per heavy atom. The summed E-state index contributed by atoms with van der Waals surface area (Å²) in [4.78, 5) is 0. The molecule has 0 aromatic rings. The van der Waals surface area contributed by atoms with E-state index >= 15 is 0 Å². The van der Waals surface area contributed by atoms with Gasteiger partial charge in [-0.3, -0.25) is 0 Å². The van der Waals surface area contributed by atoms with E-state index in [0.29, 0.717) is 0 Å². The van der Waals surface area contributed by atoms with Crippen LogP contribution in [0.4, 0.5) is 0 Å². The molecule has 12 fully saturated rings. The molecule has 12 heterocycles. The molecule has 0 unspecified atom stereocenters. The molecule has 0 saturated carbocycles. The first-order valence-electron chi connectivity index (χ1n) is 13.7. The highest BCUT2D eigenvalue weighted by Crippen LogP contribution is 2.49. The number of rotatable bonds is 2. The first-order valence-corrected chi connectivity index (χ1v) is 41.1. The zero-order valence-electron chi connectivity index (χ0n) is 25.2. The molecule has 0 spiro atoms. The minimum atomic E-state index is -4.94. The molecule has 263 valence electrons. The van der Waals surface area contributed by atoms with Crippen LogP contribution in [-0.2, 0) is 103 Å². The van der Waals surface area contributed by atoms with Gasteiger partial charge in [0.05, 0.1) is 0 Å². The van der Waals surface area contributed by atoms with Gasteiger partial charge in [0.25, 0.3) is 0 Å². The van der Waals surface area contributed by atoms with Crippen molar-refractivity contribution >= 4 is 146 Å². The van der Waals surface area contributed by atoms with Gasteiger partial charge in [0.2, 0.25) is 0 Å². The molecular formula is C7H21O25Si16. The average Bonchev–Trinajstić information content (AvgIpc) is 2.74. The molecule has 0 atom stereocenters. The van der Waals surface area contributed by atoms with E-state index in [1.807, 2.05) is 0 Å². The molecular weight excluding hydrogens is 933 g/mol. The van der Waals surface area contributed by atoms with E-state index in [0.717, 1.165) is 0 Å². The van der Waals surface area contributed by atoms with Crippen LogP contribution in [0.2, 0.25) is 45.8 Å². The Labute approximate surface area is 293 Å². The van der Waals surface area contributed by atoms with Crippen molar-refractivity contribution in [1.29, 1.82) is 0 Å². The quantitative estimate of drug-likeness (QED) is 0.243. The van der Waals surface area contributed by atoms with E-state index in [-0.39, 0.29) is 0 Å². The van der Waals surface area contributed by atoms with E-state index in [9.17, 15) is 0 Å². The fraction of sp³-hybridized carbons (Fsp3) is 1.00. The third-order valence-electron chi connectivity index (χ3n) is 6.64. The summed E-state index contributed by atoms with van der Waals surface area (Å²) in [6, 6.07) is 0. The zero-order chi connectivity index (χ0) is 33.2. The summed E-state index contributed by atoms with van der Waals surface area (Å²) in [7, 11) is -56.2. The molecule has 12 aliphatic rings. The maximum atomic E-state index is 6.76. The number of hydrogen-bond donors (Lipinski definition) is 0. The van der Waals surface area contributed by atoms with Gasteiger partial charge in [-0.1, -0.05) is 0 Å². The minimum Gasteiger partial charge on any atom is -0.374 e. The Kier molecular flexibility index (Phi) is 8.05. The van der Waals surface area contributed by atoms with Crippen molar-refractivity contribution in [3.63, 3.8) is 0 Å². The van der Waals surface area contributed by atoms with Crippen molar-refractivity contribution in [2.75, 3.05) is 0 Å². The molecule has 12 aliphatic heterocycles. The second kappa shape index (κ2) is 11.1. The largest absolute Gasteiger partial charge is 0.651 e. The highest BCUT2D eigenvalue weighted by Gasteiger charge is 2.82. The fourth-order valence-corrected chi connectivity index (χ4v) is 73.4. The summed E-state index contributed by atoms with van der Waals surface area (Å²) in [6.07, 6.45) is 0. The van der Waals surface area contributed by atoms with E-state index < -0.39 is 146 Å². The molecule has 12 rings (SSSR count). The van der Waals surface area contributed by atoms with Crippen molar-refractivity contribution in [2.24, 2.45) is 0 Å². The van der Waals surface area contributed by atoms with E-state index in [2.05, 4.69) is 0 Å². The molecule has 7 radical (unpaired) electrons. The molecule has 16 bridgehead atoms. The van der Waals surface area contributed by atoms with Gasteiger partial charge in [-0.05, 0) is 0 Å². The first kappa shape index (κ1) is 34.9. The van der Waals surface area contributed by atoms with Crippen LogP contribution < -0.4 is 0 Å². The highest BCUT2D eigenvalue weighted by molar-refractivity contribution is 7.02. The van der Waals surface area contributed by atoms with E-state index in [1.54, 1.807) is 45.8 Å². The number of hydrogen-bond acceptors (Lipinski definition) is 25. The smallest absolute Gasteiger partial charge is 0.374 e. The van der Waals surface area contributed by atoms with Gasteiger partial charge < -0.3 is 103 Å². The lowest BCUT2D eigenvalue weighted by molar-refractivity contribution is -0.0529. The van der Waals surface area contributed by atoms with Gasteiger partial charge in [-0.2, -0.15) is 0 Å². The molecule has 0 aromatic heterocycles. The van der Waals surface area contributed by atoms with Gasteiger partial charge in [-0.15, -0.1) is 0 Å². The molecule has 12 saturated heterocycles. The highest BCUT2D eigenvalue weighted by atomic mass is 28.6. The third-order valence-corrected chi connectivity index (χ3v) is 59.8. The van der Waals surface area contributed by atoms with Gasteiger partial charge in [0, 0.05) is 45.8 Å². The summed E-state index contributed by atoms with van der Waals surface area (Å²) < 4.78 is 159. The topological polar surface area (TPSA) is 231 Å². The summed E-state index contributed by atoms with van der Waals surface area (Å²) in [5, 5.41) is 0. The average molecular weight is 955 g/mol. The Morgan fingerprint density at radius 1 is 0.271 bits per heavy atom. The second-order valence-corrected chi connectivity index (χ2v) is 49.3. The molecule has 0 aromatic carbocycles. The normalized spacial score (nSPS) is 54.6. The van der Waals surface area contributed by atoms with E-state index in [4.69, 9.17) is 103 Å². The maximum absolute atomic E-state index is 6.76. The Hall–Kier alpha value is 2.47. The maximum Gasteiger partial charge on any atom is 0.651 e. The lowest BCUT2D eigenvalue weighted by atomic mass is 11.9. The summed E-state index contributed by atoms with van der Waals surface area (Å²) in [5.74, 6) is 0. The third kappa shape index (κ3) is 6.32. The summed E-state index contributed by atoms with van der Waals surface area (Å²) in [5.41, 5.74) is 0. The van der Waals surface area contributed by atoms with Crippen LogP contribution in [0.15, 0.2) is 0 Å². The zero-order valence-corrected chi connectivity index (χ0v) is 41.2. The lowest BCUT2D eigenvalue weighted by Crippen LogP contribution is -2.87. The van der Waals surface area contributed by atoms with Crippen LogP contribution in [0.3, 0.4) is 0 Å². The predicted octanol–water partition coefficient (Wildman–Crippen LogP) is -3.72. The molecule has 0 aliphatic carbocycles. The summed E-state index contributed by atoms with van der Waals surface area (Å²) in [6.45, 7) is 11.3. The van der Waals surface area contributed by atoms with Gasteiger partial charge in [0.15, 0.2) is 0 Å². The minimum absolute atomic E-state index is 1.57. The van der Waals surface area contributed by atoms with Crippen LogP contribution >= 0.6 is 0 Å². The first-order chi connectivity index (χ1) is 22.3. The van der Waals surface area contributed by atoms with Crippen LogP contribution in [0, 0.1) is 0 Å². The van der Waals surface area contributed by atoms with Crippen molar-refractivity contribution in [3.05, 3.63) is 0 Å². The SMILES string of the molecule is C[Si]12O[Si]3(C)O[Si]4(C)O[Si](C)(O1)O[Si]1(C)O[Si](C)(O2)O[Si](C)(O3)O[Si](O[Si]23O[Si]5O[Si]6O[Si]7O[Si](O5)O[Si](O[Si](O7)O[Si](O6)O2)O3)(O4)O1. The monoisotopic (exact) mass is 953 g/mol. The standard InChI is InChI=1S/C7H21O25Si16/c1-40-20-41(2)23-44(5)25-42(3,21-40)27-46(7)28-43(4,22-40)26-45(6,24-41)30-48(29-44,31-46)32-47-17-37-11-34-8-33-9-35(13-37)15-39(19-47)16-36(10-33)14-38(12-34)18-47/h1-7H3. The predicted molar refractivity (Wildman–Crippen MR) is 160 cm³/mol. The van der Waals surface area contributed by atoms with Crippen LogP contribution in [0.25, 0.3) is 0 Å². The van der Waals surface area contributed by atoms with Crippen molar-refractivity contribution in [1.82, 2.24) is 0 Å². The Bertz CT molecular complexity index is 1190. The van der Waals surface area contributed by atoms with Crippen molar-refractivity contribution < 1.29 is 103 Å². The van der Waals surface area contributed by atoms with Crippen molar-refractivity contribution in [2.45, 2.75) is 45.8 Å². The molecule has 0 N–H and O–H groups in total. The van der Waals surface area contributed by atoms with Crippen LogP contribution in [0.1, 0.15) is 0 Å². The molecule has 25 nitrogen and oxygen atoms in total. The Balaban J connectivity index is 1.12. The Morgan fingerprint density at radius 3 is 0.729 bits per heavy atom. The van der Waals surface area contributed by atoms with Crippen LogP contribution in [-0.4, -0.2) is 146 Å². The van der Waals surface area contributed by atoms with Crippen molar-refractivity contribution in [3.8, 4) is 0 Å². The second-order valence-electron chi connectivity index (χ2n) is 11.3. The van der Waals surface area contributed by atoms with Crippen LogP contribution in [0.5, 0.6) is 0 Å². The van der Waals surface area contributed by atoms with Gasteiger partial charge in [0.1, 0.15) is 0 Å².